The van der Waals surface area contributed by atoms with Gasteiger partial charge in [-0.2, -0.15) is 5.10 Å². The molecule has 0 radical (unpaired) electrons. The lowest BCUT2D eigenvalue weighted by molar-refractivity contribution is -0.143. The number of carbonyl (C=O) groups is 2. The number of aryl methyl sites for hydroxylation is 1. The van der Waals surface area contributed by atoms with Gasteiger partial charge >= 0.3 is 12.1 Å². The Morgan fingerprint density at radius 2 is 2.05 bits per heavy atom. The van der Waals surface area contributed by atoms with Crippen molar-refractivity contribution in [1.29, 1.82) is 0 Å². The molecule has 106 valence electrons. The highest BCUT2D eigenvalue weighted by Crippen LogP contribution is 2.14. The van der Waals surface area contributed by atoms with Crippen molar-refractivity contribution in [2.75, 3.05) is 7.11 Å². The first-order chi connectivity index (χ1) is 8.73. The molecule has 0 saturated carbocycles. The molecule has 1 aromatic heterocycles. The van der Waals surface area contributed by atoms with Crippen LogP contribution in [0.25, 0.3) is 0 Å². The number of methoxy groups -OCH3 is 1. The molecule has 0 fully saturated rings. The third kappa shape index (κ3) is 4.61. The van der Waals surface area contributed by atoms with E-state index in [0.717, 1.165) is 0 Å². The van der Waals surface area contributed by atoms with E-state index in [4.69, 9.17) is 4.74 Å². The van der Waals surface area contributed by atoms with E-state index in [2.05, 4.69) is 15.2 Å². The van der Waals surface area contributed by atoms with Crippen molar-refractivity contribution in [1.82, 2.24) is 15.1 Å². The topological polar surface area (TPSA) is 82.5 Å². The summed E-state index contributed by atoms with van der Waals surface area (Å²) in [5, 5.41) is 6.52. The Balaban J connectivity index is 2.82. The number of hydrogen-bond acceptors (Lipinski definition) is 5. The zero-order chi connectivity index (χ0) is 14.6. The number of nitrogens with zero attached hydrogens (tertiary/aromatic N) is 2. The molecule has 0 bridgehead atoms. The van der Waals surface area contributed by atoms with Crippen molar-refractivity contribution >= 4 is 12.1 Å². The molecule has 0 saturated heterocycles. The number of amides is 1. The van der Waals surface area contributed by atoms with Crippen molar-refractivity contribution in [3.05, 3.63) is 18.0 Å². The summed E-state index contributed by atoms with van der Waals surface area (Å²) < 4.78 is 11.3. The van der Waals surface area contributed by atoms with E-state index in [1.165, 1.54) is 11.8 Å². The molecule has 1 unspecified atom stereocenters. The van der Waals surface area contributed by atoms with Crippen molar-refractivity contribution in [2.45, 2.75) is 32.4 Å². The van der Waals surface area contributed by atoms with Crippen LogP contribution in [0.4, 0.5) is 4.79 Å². The largest absolute Gasteiger partial charge is 0.467 e. The van der Waals surface area contributed by atoms with Gasteiger partial charge in [-0.1, -0.05) is 0 Å². The number of carbonyl (C=O) groups excluding carboxylic acids is 2. The number of ether oxygens (including phenoxy) is 2. The second-order valence-corrected chi connectivity index (χ2v) is 5.02. The molecule has 1 rings (SSSR count). The predicted molar refractivity (Wildman–Crippen MR) is 67.3 cm³/mol. The Bertz CT molecular complexity index is 462. The van der Waals surface area contributed by atoms with E-state index in [-0.39, 0.29) is 0 Å². The third-order valence-corrected chi connectivity index (χ3v) is 2.13. The lowest BCUT2D eigenvalue weighted by Gasteiger charge is -2.21. The van der Waals surface area contributed by atoms with Gasteiger partial charge in [-0.15, -0.1) is 0 Å². The normalized spacial score (nSPS) is 12.7. The first-order valence-electron chi connectivity index (χ1n) is 5.80. The van der Waals surface area contributed by atoms with Gasteiger partial charge in [0.2, 0.25) is 0 Å². The van der Waals surface area contributed by atoms with Gasteiger partial charge < -0.3 is 14.8 Å². The average Bonchev–Trinajstić information content (AvgIpc) is 2.69. The second-order valence-electron chi connectivity index (χ2n) is 5.02. The molecule has 0 aliphatic carbocycles. The van der Waals surface area contributed by atoms with Crippen molar-refractivity contribution in [3.63, 3.8) is 0 Å². The number of esters is 1. The molecule has 0 aliphatic rings. The van der Waals surface area contributed by atoms with Crippen LogP contribution in [0.2, 0.25) is 0 Å². The van der Waals surface area contributed by atoms with Crippen LogP contribution in [0.1, 0.15) is 32.5 Å². The van der Waals surface area contributed by atoms with Gasteiger partial charge in [-0.3, -0.25) is 4.68 Å². The minimum absolute atomic E-state index is 0.389. The summed E-state index contributed by atoms with van der Waals surface area (Å²) in [6.07, 6.45) is 0.968. The highest BCUT2D eigenvalue weighted by atomic mass is 16.6. The molecule has 1 aromatic rings. The zero-order valence-electron chi connectivity index (χ0n) is 11.8. The molecule has 19 heavy (non-hydrogen) atoms. The van der Waals surface area contributed by atoms with Gasteiger partial charge in [0, 0.05) is 13.2 Å². The fourth-order valence-corrected chi connectivity index (χ4v) is 1.38. The van der Waals surface area contributed by atoms with Crippen LogP contribution in [0.15, 0.2) is 12.3 Å². The lowest BCUT2D eigenvalue weighted by atomic mass is 10.2. The van der Waals surface area contributed by atoms with Gasteiger partial charge in [-0.25, -0.2) is 9.59 Å². The van der Waals surface area contributed by atoms with Crippen molar-refractivity contribution < 1.29 is 19.1 Å². The summed E-state index contributed by atoms with van der Waals surface area (Å²) in [4.78, 5) is 23.4. The van der Waals surface area contributed by atoms with Crippen molar-refractivity contribution in [3.8, 4) is 0 Å². The van der Waals surface area contributed by atoms with Gasteiger partial charge in [0.05, 0.1) is 12.8 Å². The van der Waals surface area contributed by atoms with Crippen LogP contribution >= 0.6 is 0 Å². The lowest BCUT2D eigenvalue weighted by Crippen LogP contribution is -2.38. The predicted octanol–water partition coefficient (Wildman–Crippen LogP) is 1.16. The molecule has 7 heteroatoms. The van der Waals surface area contributed by atoms with Crippen LogP contribution in [-0.4, -0.2) is 34.6 Å². The molecule has 0 aromatic carbocycles. The van der Waals surface area contributed by atoms with Crippen LogP contribution in [0.5, 0.6) is 0 Å². The Labute approximate surface area is 111 Å². The van der Waals surface area contributed by atoms with Gasteiger partial charge in [0.15, 0.2) is 6.04 Å². The van der Waals surface area contributed by atoms with E-state index in [1.807, 2.05) is 0 Å². The number of hydrogen-bond donors (Lipinski definition) is 1. The van der Waals surface area contributed by atoms with E-state index in [9.17, 15) is 9.59 Å². The minimum atomic E-state index is -0.985. The summed E-state index contributed by atoms with van der Waals surface area (Å²) in [5.41, 5.74) is -0.255. The van der Waals surface area contributed by atoms with Crippen LogP contribution in [0.3, 0.4) is 0 Å². The number of nitrogens with one attached hydrogen (secondary N) is 1. The quantitative estimate of drug-likeness (QED) is 0.832. The monoisotopic (exact) mass is 269 g/mol. The molecule has 1 amide bonds. The average molecular weight is 269 g/mol. The standard InChI is InChI=1S/C12H19N3O4/c1-12(2,3)19-11(17)13-9(10(16)18-5)8-6-7-15(4)14-8/h6-7,9H,1-5H3,(H,13,17). The zero-order valence-corrected chi connectivity index (χ0v) is 11.8. The summed E-state index contributed by atoms with van der Waals surface area (Å²) in [6, 6.07) is 0.639. The smallest absolute Gasteiger partial charge is 0.408 e. The summed E-state index contributed by atoms with van der Waals surface area (Å²) >= 11 is 0. The Morgan fingerprint density at radius 1 is 1.42 bits per heavy atom. The third-order valence-electron chi connectivity index (χ3n) is 2.13. The highest BCUT2D eigenvalue weighted by Gasteiger charge is 2.28. The first-order valence-corrected chi connectivity index (χ1v) is 5.80. The Morgan fingerprint density at radius 3 is 2.47 bits per heavy atom. The molecule has 7 nitrogen and oxygen atoms in total. The van der Waals surface area contributed by atoms with E-state index in [1.54, 1.807) is 40.1 Å². The Hall–Kier alpha value is -2.05. The number of aromatic nitrogens is 2. The van der Waals surface area contributed by atoms with Crippen LogP contribution in [0, 0.1) is 0 Å². The van der Waals surface area contributed by atoms with E-state index < -0.39 is 23.7 Å². The molecule has 1 N–H and O–H groups in total. The maximum atomic E-state index is 11.7. The molecule has 0 aliphatic heterocycles. The van der Waals surface area contributed by atoms with Crippen molar-refractivity contribution in [2.24, 2.45) is 7.05 Å². The fraction of sp³-hybridized carbons (Fsp3) is 0.583. The molecule has 0 spiro atoms. The number of rotatable bonds is 3. The molecular weight excluding hydrogens is 250 g/mol. The summed E-state index contributed by atoms with van der Waals surface area (Å²) in [6.45, 7) is 5.21. The minimum Gasteiger partial charge on any atom is -0.467 e. The SMILES string of the molecule is COC(=O)C(NC(=O)OC(C)(C)C)c1ccn(C)n1. The molecule has 1 heterocycles. The molecule has 1 atom stereocenters. The second kappa shape index (κ2) is 5.73. The maximum Gasteiger partial charge on any atom is 0.408 e. The van der Waals surface area contributed by atoms with Gasteiger partial charge in [0.25, 0.3) is 0 Å². The van der Waals surface area contributed by atoms with E-state index in [0.29, 0.717) is 5.69 Å². The van der Waals surface area contributed by atoms with Gasteiger partial charge in [0.1, 0.15) is 5.60 Å². The van der Waals surface area contributed by atoms with Gasteiger partial charge in [-0.05, 0) is 26.8 Å². The van der Waals surface area contributed by atoms with Crippen LogP contribution < -0.4 is 5.32 Å². The first kappa shape index (κ1) is 15.0. The summed E-state index contributed by atoms with van der Waals surface area (Å²) in [5.74, 6) is -0.607. The van der Waals surface area contributed by atoms with Crippen LogP contribution in [-0.2, 0) is 21.3 Å². The summed E-state index contributed by atoms with van der Waals surface area (Å²) in [7, 11) is 2.96. The highest BCUT2D eigenvalue weighted by molar-refractivity contribution is 5.82. The Kier molecular flexibility index (Phi) is 4.52. The molecular formula is C12H19N3O4. The fourth-order valence-electron chi connectivity index (χ4n) is 1.38. The van der Waals surface area contributed by atoms with E-state index >= 15 is 0 Å². The number of alkyl carbamates (subject to hydrolysis) is 1. The maximum absolute atomic E-state index is 11.7.